The Morgan fingerprint density at radius 1 is 1.00 bits per heavy atom. The summed E-state index contributed by atoms with van der Waals surface area (Å²) in [5, 5.41) is 3.21. The Kier molecular flexibility index (Phi) is 4.38. The van der Waals surface area contributed by atoms with E-state index in [1.807, 2.05) is 12.4 Å². The van der Waals surface area contributed by atoms with E-state index in [2.05, 4.69) is 68.1 Å². The monoisotopic (exact) mass is 269 g/mol. The van der Waals surface area contributed by atoms with Crippen molar-refractivity contribution in [2.45, 2.75) is 46.6 Å². The van der Waals surface area contributed by atoms with Gasteiger partial charge in [-0.1, -0.05) is 32.0 Å². The molecule has 0 aliphatic rings. The lowest BCUT2D eigenvalue weighted by Crippen LogP contribution is -2.12. The van der Waals surface area contributed by atoms with Gasteiger partial charge in [0, 0.05) is 24.0 Å². The van der Waals surface area contributed by atoms with Crippen LogP contribution in [0.4, 0.5) is 5.95 Å². The van der Waals surface area contributed by atoms with Crippen LogP contribution in [0.5, 0.6) is 0 Å². The molecule has 0 fully saturated rings. The van der Waals surface area contributed by atoms with Crippen molar-refractivity contribution >= 4 is 5.95 Å². The molecular formula is C17H23N3. The van der Waals surface area contributed by atoms with Crippen molar-refractivity contribution < 1.29 is 0 Å². The molecule has 20 heavy (non-hydrogen) atoms. The number of anilines is 1. The van der Waals surface area contributed by atoms with Gasteiger partial charge in [0.15, 0.2) is 0 Å². The van der Waals surface area contributed by atoms with E-state index in [9.17, 15) is 0 Å². The van der Waals surface area contributed by atoms with Crippen molar-refractivity contribution in [3.63, 3.8) is 0 Å². The van der Waals surface area contributed by atoms with Crippen molar-refractivity contribution in [2.24, 2.45) is 0 Å². The number of benzene rings is 1. The molecule has 0 aliphatic carbocycles. The molecule has 0 radical (unpaired) electrons. The minimum Gasteiger partial charge on any atom is -0.352 e. The molecule has 0 saturated carbocycles. The number of aryl methyl sites for hydroxylation is 1. The minimum atomic E-state index is 0.340. The van der Waals surface area contributed by atoms with Crippen LogP contribution in [0.1, 0.15) is 44.7 Å². The van der Waals surface area contributed by atoms with E-state index in [1.54, 1.807) is 0 Å². The standard InChI is InChI=1S/C17H23N3/c1-11(2)14-7-6-13(5)16(8-14)15-9-18-17(19-10-15)20-12(3)4/h6-12H,1-5H3,(H,18,19,20). The summed E-state index contributed by atoms with van der Waals surface area (Å²) in [4.78, 5) is 8.78. The first-order valence-electron chi connectivity index (χ1n) is 7.17. The first-order valence-corrected chi connectivity index (χ1v) is 7.17. The van der Waals surface area contributed by atoms with E-state index >= 15 is 0 Å². The molecule has 1 aromatic carbocycles. The molecule has 0 spiro atoms. The highest BCUT2D eigenvalue weighted by molar-refractivity contribution is 5.67. The Morgan fingerprint density at radius 2 is 1.65 bits per heavy atom. The number of hydrogen-bond acceptors (Lipinski definition) is 3. The number of aromatic nitrogens is 2. The molecule has 0 aliphatic heterocycles. The molecular weight excluding hydrogens is 246 g/mol. The molecule has 1 heterocycles. The predicted molar refractivity (Wildman–Crippen MR) is 85.1 cm³/mol. The van der Waals surface area contributed by atoms with Crippen molar-refractivity contribution in [1.82, 2.24) is 9.97 Å². The van der Waals surface area contributed by atoms with Gasteiger partial charge in [0.1, 0.15) is 0 Å². The zero-order valence-corrected chi connectivity index (χ0v) is 12.9. The lowest BCUT2D eigenvalue weighted by molar-refractivity contribution is 0.866. The maximum absolute atomic E-state index is 4.39. The summed E-state index contributed by atoms with van der Waals surface area (Å²) in [5.74, 6) is 1.21. The quantitative estimate of drug-likeness (QED) is 0.894. The molecule has 0 bridgehead atoms. The number of hydrogen-bond donors (Lipinski definition) is 1. The molecule has 0 unspecified atom stereocenters. The number of rotatable bonds is 4. The Morgan fingerprint density at radius 3 is 2.20 bits per heavy atom. The zero-order valence-electron chi connectivity index (χ0n) is 12.9. The van der Waals surface area contributed by atoms with Crippen molar-refractivity contribution in [3.8, 4) is 11.1 Å². The second-order valence-corrected chi connectivity index (χ2v) is 5.82. The summed E-state index contributed by atoms with van der Waals surface area (Å²) in [7, 11) is 0. The van der Waals surface area contributed by atoms with Crippen LogP contribution < -0.4 is 5.32 Å². The highest BCUT2D eigenvalue weighted by atomic mass is 15.1. The predicted octanol–water partition coefficient (Wildman–Crippen LogP) is 4.40. The van der Waals surface area contributed by atoms with E-state index in [1.165, 1.54) is 16.7 Å². The van der Waals surface area contributed by atoms with E-state index in [0.717, 1.165) is 5.56 Å². The maximum atomic E-state index is 4.39. The van der Waals surface area contributed by atoms with Crippen LogP contribution in [-0.4, -0.2) is 16.0 Å². The van der Waals surface area contributed by atoms with Gasteiger partial charge in [0.25, 0.3) is 0 Å². The van der Waals surface area contributed by atoms with E-state index < -0.39 is 0 Å². The highest BCUT2D eigenvalue weighted by Crippen LogP contribution is 2.26. The van der Waals surface area contributed by atoms with Gasteiger partial charge in [-0.2, -0.15) is 0 Å². The van der Waals surface area contributed by atoms with Gasteiger partial charge in [0.05, 0.1) is 0 Å². The molecule has 3 nitrogen and oxygen atoms in total. The van der Waals surface area contributed by atoms with Crippen LogP contribution in [0.2, 0.25) is 0 Å². The van der Waals surface area contributed by atoms with Crippen molar-refractivity contribution in [2.75, 3.05) is 5.32 Å². The lowest BCUT2D eigenvalue weighted by Gasteiger charge is -2.12. The van der Waals surface area contributed by atoms with Crippen LogP contribution in [0.3, 0.4) is 0 Å². The third kappa shape index (κ3) is 3.35. The topological polar surface area (TPSA) is 37.8 Å². The molecule has 1 aromatic heterocycles. The van der Waals surface area contributed by atoms with Gasteiger partial charge in [-0.25, -0.2) is 9.97 Å². The largest absolute Gasteiger partial charge is 0.352 e. The molecule has 1 N–H and O–H groups in total. The SMILES string of the molecule is Cc1ccc(C(C)C)cc1-c1cnc(NC(C)C)nc1. The van der Waals surface area contributed by atoms with E-state index in [-0.39, 0.29) is 0 Å². The summed E-state index contributed by atoms with van der Waals surface area (Å²) in [6.07, 6.45) is 3.79. The Bertz CT molecular complexity index is 571. The van der Waals surface area contributed by atoms with E-state index in [4.69, 9.17) is 0 Å². The Hall–Kier alpha value is -1.90. The summed E-state index contributed by atoms with van der Waals surface area (Å²) >= 11 is 0. The Labute approximate surface area is 121 Å². The number of nitrogens with zero attached hydrogens (tertiary/aromatic N) is 2. The third-order valence-electron chi connectivity index (χ3n) is 3.31. The zero-order chi connectivity index (χ0) is 14.7. The smallest absolute Gasteiger partial charge is 0.222 e. The first kappa shape index (κ1) is 14.5. The summed E-state index contributed by atoms with van der Waals surface area (Å²) in [5.41, 5.74) is 4.88. The average Bonchev–Trinajstić information content (AvgIpc) is 2.39. The Balaban J connectivity index is 2.33. The van der Waals surface area contributed by atoms with Crippen LogP contribution in [0, 0.1) is 6.92 Å². The van der Waals surface area contributed by atoms with Crippen molar-refractivity contribution in [3.05, 3.63) is 41.7 Å². The van der Waals surface area contributed by atoms with Gasteiger partial charge < -0.3 is 5.32 Å². The van der Waals surface area contributed by atoms with Crippen LogP contribution >= 0.6 is 0 Å². The molecule has 2 aromatic rings. The minimum absolute atomic E-state index is 0.340. The fourth-order valence-corrected chi connectivity index (χ4v) is 2.11. The van der Waals surface area contributed by atoms with Gasteiger partial charge in [-0.05, 0) is 43.4 Å². The second-order valence-electron chi connectivity index (χ2n) is 5.82. The van der Waals surface area contributed by atoms with Crippen LogP contribution in [0.15, 0.2) is 30.6 Å². The fourth-order valence-electron chi connectivity index (χ4n) is 2.11. The van der Waals surface area contributed by atoms with Crippen LogP contribution in [-0.2, 0) is 0 Å². The molecule has 0 amide bonds. The summed E-state index contributed by atoms with van der Waals surface area (Å²) in [6, 6.07) is 6.95. The average molecular weight is 269 g/mol. The van der Waals surface area contributed by atoms with Crippen molar-refractivity contribution in [1.29, 1.82) is 0 Å². The lowest BCUT2D eigenvalue weighted by atomic mass is 9.95. The number of nitrogens with one attached hydrogen (secondary N) is 1. The molecule has 0 atom stereocenters. The molecule has 0 saturated heterocycles. The summed E-state index contributed by atoms with van der Waals surface area (Å²) < 4.78 is 0. The first-order chi connectivity index (χ1) is 9.47. The highest BCUT2D eigenvalue weighted by Gasteiger charge is 2.07. The van der Waals surface area contributed by atoms with Gasteiger partial charge in [0.2, 0.25) is 5.95 Å². The third-order valence-corrected chi connectivity index (χ3v) is 3.31. The fraction of sp³-hybridized carbons (Fsp3) is 0.412. The second kappa shape index (κ2) is 6.04. The maximum Gasteiger partial charge on any atom is 0.222 e. The summed E-state index contributed by atoms with van der Waals surface area (Å²) in [6.45, 7) is 10.7. The van der Waals surface area contributed by atoms with Gasteiger partial charge in [-0.15, -0.1) is 0 Å². The van der Waals surface area contributed by atoms with E-state index in [0.29, 0.717) is 17.9 Å². The molecule has 2 rings (SSSR count). The van der Waals surface area contributed by atoms with Crippen LogP contribution in [0.25, 0.3) is 11.1 Å². The van der Waals surface area contributed by atoms with Gasteiger partial charge in [-0.3, -0.25) is 0 Å². The normalized spacial score (nSPS) is 11.2. The molecule has 3 heteroatoms. The molecule has 106 valence electrons. The van der Waals surface area contributed by atoms with Gasteiger partial charge >= 0.3 is 0 Å².